The van der Waals surface area contributed by atoms with Gasteiger partial charge in [0.2, 0.25) is 0 Å². The maximum atomic E-state index is 9.90. The first kappa shape index (κ1) is 13.9. The Morgan fingerprint density at radius 3 is 2.43 bits per heavy atom. The summed E-state index contributed by atoms with van der Waals surface area (Å²) in [5.74, 6) is 0. The molecule has 0 spiro atoms. The summed E-state index contributed by atoms with van der Waals surface area (Å²) in [6.45, 7) is 5.83. The number of hydrogen-bond donors (Lipinski definition) is 1. The van der Waals surface area contributed by atoms with Crippen molar-refractivity contribution in [3.63, 3.8) is 0 Å². The van der Waals surface area contributed by atoms with Gasteiger partial charge in [0.1, 0.15) is 0 Å². The van der Waals surface area contributed by atoms with Gasteiger partial charge in [-0.2, -0.15) is 0 Å². The van der Waals surface area contributed by atoms with E-state index in [4.69, 9.17) is 4.74 Å². The average molecular weight is 203 g/mol. The van der Waals surface area contributed by atoms with Crippen molar-refractivity contribution in [3.8, 4) is 0 Å². The van der Waals surface area contributed by atoms with Gasteiger partial charge in [-0.15, -0.1) is 0 Å². The van der Waals surface area contributed by atoms with E-state index in [0.29, 0.717) is 0 Å². The van der Waals surface area contributed by atoms with Crippen LogP contribution in [0.3, 0.4) is 0 Å². The van der Waals surface area contributed by atoms with Gasteiger partial charge in [-0.1, -0.05) is 20.3 Å². The molecule has 0 fully saturated rings. The molecule has 0 aromatic carbocycles. The highest BCUT2D eigenvalue weighted by molar-refractivity contribution is 4.75. The summed E-state index contributed by atoms with van der Waals surface area (Å²) in [6, 6.07) is 0.269. The number of methoxy groups -OCH3 is 1. The van der Waals surface area contributed by atoms with Crippen molar-refractivity contribution in [1.29, 1.82) is 0 Å². The van der Waals surface area contributed by atoms with Crippen LogP contribution in [-0.4, -0.2) is 49.5 Å². The first-order valence-corrected chi connectivity index (χ1v) is 5.54. The van der Waals surface area contributed by atoms with Crippen molar-refractivity contribution < 1.29 is 9.84 Å². The van der Waals surface area contributed by atoms with Crippen LogP contribution in [0, 0.1) is 0 Å². The normalized spacial score (nSPS) is 15.9. The van der Waals surface area contributed by atoms with Gasteiger partial charge in [0.05, 0.1) is 12.7 Å². The van der Waals surface area contributed by atoms with Crippen molar-refractivity contribution in [2.24, 2.45) is 0 Å². The van der Waals surface area contributed by atoms with Crippen LogP contribution >= 0.6 is 0 Å². The van der Waals surface area contributed by atoms with Crippen LogP contribution in [0.1, 0.15) is 33.1 Å². The van der Waals surface area contributed by atoms with E-state index in [-0.39, 0.29) is 12.1 Å². The molecule has 3 nitrogen and oxygen atoms in total. The first-order valence-electron chi connectivity index (χ1n) is 5.54. The van der Waals surface area contributed by atoms with Gasteiger partial charge in [0.25, 0.3) is 0 Å². The Kier molecular flexibility index (Phi) is 8.14. The van der Waals surface area contributed by atoms with E-state index in [9.17, 15) is 5.11 Å². The third-order valence-electron chi connectivity index (χ3n) is 2.66. The Labute approximate surface area is 88.1 Å². The molecule has 0 aromatic rings. The van der Waals surface area contributed by atoms with E-state index >= 15 is 0 Å². The summed E-state index contributed by atoms with van der Waals surface area (Å²) in [5.41, 5.74) is 0. The Morgan fingerprint density at radius 1 is 1.36 bits per heavy atom. The van der Waals surface area contributed by atoms with E-state index in [2.05, 4.69) is 18.7 Å². The lowest BCUT2D eigenvalue weighted by atomic mass is 10.0. The zero-order chi connectivity index (χ0) is 11.0. The second kappa shape index (κ2) is 8.21. The number of rotatable bonds is 8. The van der Waals surface area contributed by atoms with Crippen LogP contribution in [0.2, 0.25) is 0 Å². The number of hydrogen-bond acceptors (Lipinski definition) is 3. The molecule has 86 valence electrons. The van der Waals surface area contributed by atoms with Crippen molar-refractivity contribution in [2.75, 3.05) is 27.3 Å². The zero-order valence-corrected chi connectivity index (χ0v) is 9.99. The lowest BCUT2D eigenvalue weighted by molar-refractivity contribution is 0.0411. The van der Waals surface area contributed by atoms with Crippen LogP contribution in [0.4, 0.5) is 0 Å². The summed E-state index contributed by atoms with van der Waals surface area (Å²) in [4.78, 5) is 2.18. The number of ether oxygens (including phenoxy) is 1. The Hall–Kier alpha value is -0.120. The topological polar surface area (TPSA) is 32.7 Å². The molecule has 3 heteroatoms. The van der Waals surface area contributed by atoms with Gasteiger partial charge in [-0.25, -0.2) is 0 Å². The maximum absolute atomic E-state index is 9.90. The molecule has 0 rings (SSSR count). The van der Waals surface area contributed by atoms with Gasteiger partial charge in [-0.3, -0.25) is 4.90 Å². The molecular weight excluding hydrogens is 178 g/mol. The Bertz CT molecular complexity index is 130. The van der Waals surface area contributed by atoms with Crippen molar-refractivity contribution in [2.45, 2.75) is 45.3 Å². The molecular formula is C11H25NO2. The van der Waals surface area contributed by atoms with Crippen molar-refractivity contribution in [3.05, 3.63) is 0 Å². The number of aliphatic hydroxyl groups is 1. The van der Waals surface area contributed by atoms with Gasteiger partial charge in [0.15, 0.2) is 0 Å². The standard InChI is InChI=1S/C11H25NO2/c1-5-7-11(13)10(6-2)12(3)8-9-14-4/h10-11,13H,5-9H2,1-4H3. The van der Waals surface area contributed by atoms with Crippen LogP contribution in [0.5, 0.6) is 0 Å². The van der Waals surface area contributed by atoms with Gasteiger partial charge in [-0.05, 0) is 19.9 Å². The van der Waals surface area contributed by atoms with E-state index in [1.807, 2.05) is 7.05 Å². The molecule has 0 heterocycles. The summed E-state index contributed by atoms with van der Waals surface area (Å²) in [7, 11) is 3.75. The second-order valence-corrected chi connectivity index (χ2v) is 3.81. The number of nitrogens with zero attached hydrogens (tertiary/aromatic N) is 1. The van der Waals surface area contributed by atoms with E-state index in [1.54, 1.807) is 7.11 Å². The predicted molar refractivity (Wildman–Crippen MR) is 59.5 cm³/mol. The zero-order valence-electron chi connectivity index (χ0n) is 9.99. The monoisotopic (exact) mass is 203 g/mol. The molecule has 14 heavy (non-hydrogen) atoms. The van der Waals surface area contributed by atoms with Gasteiger partial charge < -0.3 is 9.84 Å². The molecule has 1 N–H and O–H groups in total. The predicted octanol–water partition coefficient (Wildman–Crippen LogP) is 1.50. The fourth-order valence-corrected chi connectivity index (χ4v) is 1.77. The summed E-state index contributed by atoms with van der Waals surface area (Å²) < 4.78 is 5.02. The number of aliphatic hydroxyl groups excluding tert-OH is 1. The highest BCUT2D eigenvalue weighted by Crippen LogP contribution is 2.11. The van der Waals surface area contributed by atoms with Crippen molar-refractivity contribution in [1.82, 2.24) is 4.90 Å². The van der Waals surface area contributed by atoms with Gasteiger partial charge >= 0.3 is 0 Å². The van der Waals surface area contributed by atoms with E-state index in [0.717, 1.165) is 32.4 Å². The molecule has 0 saturated carbocycles. The van der Waals surface area contributed by atoms with Crippen molar-refractivity contribution >= 4 is 0 Å². The summed E-state index contributed by atoms with van der Waals surface area (Å²) >= 11 is 0. The minimum absolute atomic E-state index is 0.202. The lowest BCUT2D eigenvalue weighted by Gasteiger charge is -2.30. The molecule has 0 aliphatic rings. The number of likely N-dealkylation sites (N-methyl/N-ethyl adjacent to an activating group) is 1. The SMILES string of the molecule is CCCC(O)C(CC)N(C)CCOC. The third kappa shape index (κ3) is 4.94. The fraction of sp³-hybridized carbons (Fsp3) is 1.00. The quantitative estimate of drug-likeness (QED) is 0.649. The van der Waals surface area contributed by atoms with Gasteiger partial charge in [0, 0.05) is 19.7 Å². The molecule has 2 unspecified atom stereocenters. The highest BCUT2D eigenvalue weighted by atomic mass is 16.5. The highest BCUT2D eigenvalue weighted by Gasteiger charge is 2.20. The average Bonchev–Trinajstić information content (AvgIpc) is 2.16. The fourth-order valence-electron chi connectivity index (χ4n) is 1.77. The maximum Gasteiger partial charge on any atom is 0.0695 e. The van der Waals surface area contributed by atoms with Crippen LogP contribution < -0.4 is 0 Å². The largest absolute Gasteiger partial charge is 0.391 e. The molecule has 0 aromatic heterocycles. The van der Waals surface area contributed by atoms with Crippen LogP contribution in [0.25, 0.3) is 0 Å². The smallest absolute Gasteiger partial charge is 0.0695 e. The molecule has 0 bridgehead atoms. The Balaban J connectivity index is 3.96. The minimum Gasteiger partial charge on any atom is -0.391 e. The molecule has 0 aliphatic carbocycles. The minimum atomic E-state index is -0.202. The van der Waals surface area contributed by atoms with E-state index in [1.165, 1.54) is 0 Å². The first-order chi connectivity index (χ1) is 6.67. The molecule has 0 saturated heterocycles. The lowest BCUT2D eigenvalue weighted by Crippen LogP contribution is -2.42. The molecule has 0 aliphatic heterocycles. The summed E-state index contributed by atoms with van der Waals surface area (Å²) in [6.07, 6.45) is 2.71. The van der Waals surface area contributed by atoms with Crippen LogP contribution in [0.15, 0.2) is 0 Å². The molecule has 0 radical (unpaired) electrons. The Morgan fingerprint density at radius 2 is 2.00 bits per heavy atom. The summed E-state index contributed by atoms with van der Waals surface area (Å²) in [5, 5.41) is 9.90. The third-order valence-corrected chi connectivity index (χ3v) is 2.66. The molecule has 2 atom stereocenters. The van der Waals surface area contributed by atoms with Crippen LogP contribution in [-0.2, 0) is 4.74 Å². The second-order valence-electron chi connectivity index (χ2n) is 3.81. The van der Waals surface area contributed by atoms with E-state index < -0.39 is 0 Å². The molecule has 0 amide bonds.